The maximum absolute atomic E-state index is 12.8. The van der Waals surface area contributed by atoms with Crippen molar-refractivity contribution < 1.29 is 14.3 Å². The summed E-state index contributed by atoms with van der Waals surface area (Å²) in [6.45, 7) is 2.93. The summed E-state index contributed by atoms with van der Waals surface area (Å²) in [6, 6.07) is 14.2. The van der Waals surface area contributed by atoms with E-state index in [1.165, 1.54) is 5.56 Å². The van der Waals surface area contributed by atoms with Crippen molar-refractivity contribution in [3.05, 3.63) is 71.9 Å². The Kier molecular flexibility index (Phi) is 6.42. The van der Waals surface area contributed by atoms with Gasteiger partial charge in [-0.2, -0.15) is 0 Å². The van der Waals surface area contributed by atoms with Crippen molar-refractivity contribution in [3.8, 4) is 11.5 Å². The molecule has 2 aromatic carbocycles. The number of aromatic nitrogens is 1. The fraction of sp³-hybridized carbons (Fsp3) is 0.346. The third-order valence-electron chi connectivity index (χ3n) is 6.17. The molecule has 1 saturated heterocycles. The number of para-hydroxylation sites is 1. The molecule has 5 heteroatoms. The second-order valence-electron chi connectivity index (χ2n) is 8.20. The van der Waals surface area contributed by atoms with Crippen molar-refractivity contribution in [1.29, 1.82) is 0 Å². The average molecular weight is 419 g/mol. The van der Waals surface area contributed by atoms with Crippen LogP contribution in [0.5, 0.6) is 11.5 Å². The molecule has 0 bridgehead atoms. The Morgan fingerprint density at radius 3 is 2.55 bits per heavy atom. The molecule has 0 N–H and O–H groups in total. The maximum Gasteiger partial charge on any atom is 0.187 e. The summed E-state index contributed by atoms with van der Waals surface area (Å²) in [7, 11) is 5.30. The van der Waals surface area contributed by atoms with Crippen LogP contribution in [0, 0.1) is 5.92 Å². The minimum Gasteiger partial charge on any atom is -0.493 e. The molecule has 0 atom stereocenters. The van der Waals surface area contributed by atoms with E-state index in [1.807, 2.05) is 54.2 Å². The highest BCUT2D eigenvalue weighted by Gasteiger charge is 2.19. The minimum absolute atomic E-state index is 0.0876. The third kappa shape index (κ3) is 4.67. The standard InChI is InChI=1S/C26H30N2O3/c1-27-18-22(21-6-4-5-7-23(21)27)24(29)10-8-19-12-14-28(15-13-19)17-20-9-11-25(30-2)26(16-20)31-3/h4-11,16,18-19H,12-15,17H2,1-3H3/b10-8+. The topological polar surface area (TPSA) is 43.7 Å². The first kappa shape index (κ1) is 21.2. The van der Waals surface area contributed by atoms with Crippen molar-refractivity contribution in [2.75, 3.05) is 27.3 Å². The Hall–Kier alpha value is -3.05. The number of methoxy groups -OCH3 is 2. The van der Waals surface area contributed by atoms with Gasteiger partial charge in [-0.15, -0.1) is 0 Å². The lowest BCUT2D eigenvalue weighted by Crippen LogP contribution is -2.32. The molecule has 0 spiro atoms. The van der Waals surface area contributed by atoms with Crippen molar-refractivity contribution in [2.45, 2.75) is 19.4 Å². The van der Waals surface area contributed by atoms with E-state index in [-0.39, 0.29) is 5.78 Å². The minimum atomic E-state index is 0.0876. The number of fused-ring (bicyclic) bond motifs is 1. The summed E-state index contributed by atoms with van der Waals surface area (Å²) in [5, 5.41) is 1.02. The van der Waals surface area contributed by atoms with Crippen LogP contribution in [0.3, 0.4) is 0 Å². The van der Waals surface area contributed by atoms with Gasteiger partial charge < -0.3 is 14.0 Å². The first-order valence-corrected chi connectivity index (χ1v) is 10.8. The first-order valence-electron chi connectivity index (χ1n) is 10.8. The van der Waals surface area contributed by atoms with Crippen LogP contribution < -0.4 is 9.47 Å². The van der Waals surface area contributed by atoms with Crippen LogP contribution in [0.15, 0.2) is 60.8 Å². The highest BCUT2D eigenvalue weighted by molar-refractivity contribution is 6.13. The van der Waals surface area contributed by atoms with Crippen molar-refractivity contribution in [1.82, 2.24) is 9.47 Å². The van der Waals surface area contributed by atoms with Crippen molar-refractivity contribution in [3.63, 3.8) is 0 Å². The van der Waals surface area contributed by atoms with E-state index in [0.717, 1.165) is 60.4 Å². The van der Waals surface area contributed by atoms with Gasteiger partial charge in [0.2, 0.25) is 0 Å². The molecule has 1 aromatic heterocycles. The number of nitrogens with zero attached hydrogens (tertiary/aromatic N) is 2. The molecule has 0 radical (unpaired) electrons. The Morgan fingerprint density at radius 1 is 1.06 bits per heavy atom. The number of ketones is 1. The summed E-state index contributed by atoms with van der Waals surface area (Å²) in [6.07, 6.45) is 7.94. The number of carbonyl (C=O) groups excluding carboxylic acids is 1. The first-order chi connectivity index (χ1) is 15.1. The zero-order valence-electron chi connectivity index (χ0n) is 18.5. The Bertz CT molecular complexity index is 1090. The van der Waals surface area contributed by atoms with Gasteiger partial charge in [0, 0.05) is 36.3 Å². The zero-order chi connectivity index (χ0) is 21.8. The maximum atomic E-state index is 12.8. The van der Waals surface area contributed by atoms with E-state index in [2.05, 4.69) is 17.0 Å². The fourth-order valence-corrected chi connectivity index (χ4v) is 4.39. The lowest BCUT2D eigenvalue weighted by Gasteiger charge is -2.30. The van der Waals surface area contributed by atoms with Crippen molar-refractivity contribution >= 4 is 16.7 Å². The number of allylic oxidation sites excluding steroid dienone is 2. The smallest absolute Gasteiger partial charge is 0.187 e. The van der Waals surface area contributed by atoms with Crippen LogP contribution in [-0.2, 0) is 13.6 Å². The fourth-order valence-electron chi connectivity index (χ4n) is 4.39. The SMILES string of the molecule is COc1ccc(CN2CCC(/C=C/C(=O)c3cn(C)c4ccccc34)CC2)cc1OC. The molecule has 162 valence electrons. The zero-order valence-corrected chi connectivity index (χ0v) is 18.5. The quantitative estimate of drug-likeness (QED) is 0.407. The largest absolute Gasteiger partial charge is 0.493 e. The van der Waals surface area contributed by atoms with Crippen LogP contribution >= 0.6 is 0 Å². The molecular formula is C26H30N2O3. The van der Waals surface area contributed by atoms with Crippen molar-refractivity contribution in [2.24, 2.45) is 13.0 Å². The predicted octanol–water partition coefficient (Wildman–Crippen LogP) is 4.85. The normalized spacial score (nSPS) is 15.6. The van der Waals surface area contributed by atoms with Gasteiger partial charge in [0.1, 0.15) is 0 Å². The number of likely N-dealkylation sites (tertiary alicyclic amines) is 1. The molecule has 31 heavy (non-hydrogen) atoms. The van der Waals surface area contributed by atoms with Crippen LogP contribution in [0.1, 0.15) is 28.8 Å². The number of rotatable bonds is 7. The number of hydrogen-bond acceptors (Lipinski definition) is 4. The van der Waals surface area contributed by atoms with Gasteiger partial charge in [-0.1, -0.05) is 30.3 Å². The van der Waals surface area contributed by atoms with Gasteiger partial charge in [-0.05, 0) is 61.7 Å². The Balaban J connectivity index is 1.34. The molecule has 0 amide bonds. The average Bonchev–Trinajstić information content (AvgIpc) is 3.15. The molecule has 1 fully saturated rings. The molecule has 1 aliphatic heterocycles. The van der Waals surface area contributed by atoms with E-state index in [1.54, 1.807) is 20.3 Å². The summed E-state index contributed by atoms with van der Waals surface area (Å²) in [4.78, 5) is 15.3. The molecule has 1 aliphatic rings. The van der Waals surface area contributed by atoms with Gasteiger partial charge >= 0.3 is 0 Å². The van der Waals surface area contributed by atoms with Gasteiger partial charge in [-0.25, -0.2) is 0 Å². The molecule has 2 heterocycles. The molecule has 3 aromatic rings. The van der Waals surface area contributed by atoms with Gasteiger partial charge in [0.05, 0.1) is 14.2 Å². The molecular weight excluding hydrogens is 388 g/mol. The molecule has 0 saturated carbocycles. The summed E-state index contributed by atoms with van der Waals surface area (Å²) >= 11 is 0. The highest BCUT2D eigenvalue weighted by atomic mass is 16.5. The second kappa shape index (κ2) is 9.40. The molecule has 0 unspecified atom stereocenters. The van der Waals surface area contributed by atoms with E-state index in [4.69, 9.17) is 9.47 Å². The second-order valence-corrected chi connectivity index (χ2v) is 8.20. The highest BCUT2D eigenvalue weighted by Crippen LogP contribution is 2.29. The van der Waals surface area contributed by atoms with Crippen LogP contribution in [0.25, 0.3) is 10.9 Å². The number of ether oxygens (including phenoxy) is 2. The lowest BCUT2D eigenvalue weighted by atomic mass is 9.95. The van der Waals surface area contributed by atoms with E-state index in [0.29, 0.717) is 5.92 Å². The van der Waals surface area contributed by atoms with Gasteiger partial charge in [-0.3, -0.25) is 9.69 Å². The molecule has 5 nitrogen and oxygen atoms in total. The molecule has 4 rings (SSSR count). The third-order valence-corrected chi connectivity index (χ3v) is 6.17. The van der Waals surface area contributed by atoms with Gasteiger partial charge in [0.25, 0.3) is 0 Å². The lowest BCUT2D eigenvalue weighted by molar-refractivity contribution is 0.104. The van der Waals surface area contributed by atoms with E-state index >= 15 is 0 Å². The number of piperidine rings is 1. The van der Waals surface area contributed by atoms with Crippen LogP contribution in [-0.4, -0.2) is 42.6 Å². The monoisotopic (exact) mass is 418 g/mol. The number of aryl methyl sites for hydroxylation is 1. The van der Waals surface area contributed by atoms with Gasteiger partial charge in [0.15, 0.2) is 17.3 Å². The number of benzene rings is 2. The summed E-state index contributed by atoms with van der Waals surface area (Å²) in [5.74, 6) is 2.06. The summed E-state index contributed by atoms with van der Waals surface area (Å²) in [5.41, 5.74) is 3.08. The summed E-state index contributed by atoms with van der Waals surface area (Å²) < 4.78 is 12.8. The number of hydrogen-bond donors (Lipinski definition) is 0. The van der Waals surface area contributed by atoms with E-state index in [9.17, 15) is 4.79 Å². The van der Waals surface area contributed by atoms with E-state index < -0.39 is 0 Å². The Morgan fingerprint density at radius 2 is 1.81 bits per heavy atom. The Labute approximate surface area is 183 Å². The number of carbonyl (C=O) groups is 1. The molecule has 0 aliphatic carbocycles. The van der Waals surface area contributed by atoms with Crippen LogP contribution in [0.4, 0.5) is 0 Å². The van der Waals surface area contributed by atoms with Crippen LogP contribution in [0.2, 0.25) is 0 Å². The predicted molar refractivity (Wildman–Crippen MR) is 124 cm³/mol.